The molecule has 0 spiro atoms. The lowest BCUT2D eigenvalue weighted by atomic mass is 10.0. The van der Waals surface area contributed by atoms with Crippen molar-refractivity contribution in [2.45, 2.75) is 26.2 Å². The number of nitrogens with zero attached hydrogens (tertiary/aromatic N) is 1. The molecule has 0 bridgehead atoms. The quantitative estimate of drug-likeness (QED) is 0.854. The van der Waals surface area contributed by atoms with E-state index >= 15 is 0 Å². The molecule has 20 heavy (non-hydrogen) atoms. The van der Waals surface area contributed by atoms with Crippen LogP contribution in [0.15, 0.2) is 24.3 Å². The summed E-state index contributed by atoms with van der Waals surface area (Å²) in [6.45, 7) is 4.31. The lowest BCUT2D eigenvalue weighted by Crippen LogP contribution is -2.24. The number of halogens is 1. The maximum Gasteiger partial charge on any atom is 0.328 e. The number of hydrogen-bond acceptors (Lipinski definition) is 2. The summed E-state index contributed by atoms with van der Waals surface area (Å²) in [7, 11) is 0. The molecule has 1 N–H and O–H groups in total. The van der Waals surface area contributed by atoms with Crippen molar-refractivity contribution < 1.29 is 9.90 Å². The van der Waals surface area contributed by atoms with Crippen molar-refractivity contribution in [2.75, 3.05) is 18.0 Å². The molecule has 0 saturated carbocycles. The fraction of sp³-hybridized carbons (Fsp3) is 0.438. The minimum absolute atomic E-state index is 0.627. The Labute approximate surface area is 124 Å². The van der Waals surface area contributed by atoms with Gasteiger partial charge in [0.2, 0.25) is 0 Å². The molecule has 1 fully saturated rings. The monoisotopic (exact) mass is 293 g/mol. The Bertz CT molecular complexity index is 513. The molecule has 1 aromatic carbocycles. The number of rotatable bonds is 3. The van der Waals surface area contributed by atoms with Gasteiger partial charge in [-0.05, 0) is 55.0 Å². The maximum atomic E-state index is 10.7. The lowest BCUT2D eigenvalue weighted by Gasteiger charge is -2.25. The third-order valence-corrected chi connectivity index (χ3v) is 3.99. The fourth-order valence-corrected chi connectivity index (χ4v) is 2.79. The molecule has 0 aliphatic carbocycles. The topological polar surface area (TPSA) is 40.5 Å². The van der Waals surface area contributed by atoms with Crippen LogP contribution in [0.4, 0.5) is 5.69 Å². The van der Waals surface area contributed by atoms with Crippen molar-refractivity contribution in [1.82, 2.24) is 0 Å². The van der Waals surface area contributed by atoms with E-state index < -0.39 is 5.97 Å². The first-order chi connectivity index (χ1) is 9.56. The smallest absolute Gasteiger partial charge is 0.328 e. The van der Waals surface area contributed by atoms with Crippen molar-refractivity contribution in [3.63, 3.8) is 0 Å². The number of carboxylic acid groups (broad SMARTS) is 1. The normalized spacial score (nSPS) is 20.1. The van der Waals surface area contributed by atoms with E-state index in [1.165, 1.54) is 19.3 Å². The number of carbonyl (C=O) groups is 1. The summed E-state index contributed by atoms with van der Waals surface area (Å²) in [6, 6.07) is 5.67. The molecule has 0 aromatic heterocycles. The zero-order chi connectivity index (χ0) is 14.5. The maximum absolute atomic E-state index is 10.7. The number of hydrogen-bond donors (Lipinski definition) is 1. The van der Waals surface area contributed by atoms with E-state index in [2.05, 4.69) is 11.8 Å². The van der Waals surface area contributed by atoms with Crippen LogP contribution in [0.5, 0.6) is 0 Å². The second-order valence-corrected chi connectivity index (χ2v) is 5.83. The van der Waals surface area contributed by atoms with Gasteiger partial charge in [-0.15, -0.1) is 0 Å². The van der Waals surface area contributed by atoms with Gasteiger partial charge in [0.1, 0.15) is 0 Å². The van der Waals surface area contributed by atoms with Crippen molar-refractivity contribution in [2.24, 2.45) is 5.92 Å². The van der Waals surface area contributed by atoms with Gasteiger partial charge in [0.15, 0.2) is 0 Å². The highest BCUT2D eigenvalue weighted by molar-refractivity contribution is 6.30. The summed E-state index contributed by atoms with van der Waals surface area (Å²) in [5, 5.41) is 9.42. The Morgan fingerprint density at radius 1 is 1.40 bits per heavy atom. The minimum Gasteiger partial charge on any atom is -0.478 e. The third-order valence-electron chi connectivity index (χ3n) is 3.75. The second kappa shape index (κ2) is 6.80. The highest BCUT2D eigenvalue weighted by Gasteiger charge is 2.16. The highest BCUT2D eigenvalue weighted by Crippen LogP contribution is 2.28. The first kappa shape index (κ1) is 14.9. The molecule has 2 rings (SSSR count). The average Bonchev–Trinajstić information content (AvgIpc) is 2.61. The van der Waals surface area contributed by atoms with Gasteiger partial charge in [-0.3, -0.25) is 0 Å². The molecule has 1 aliphatic heterocycles. The zero-order valence-corrected chi connectivity index (χ0v) is 12.4. The van der Waals surface area contributed by atoms with Crippen molar-refractivity contribution >= 4 is 29.3 Å². The van der Waals surface area contributed by atoms with Crippen LogP contribution in [0.25, 0.3) is 6.08 Å². The molecular formula is C16H20ClNO2. The molecule has 4 heteroatoms. The van der Waals surface area contributed by atoms with E-state index in [4.69, 9.17) is 16.7 Å². The Kier molecular flexibility index (Phi) is 5.07. The molecular weight excluding hydrogens is 274 g/mol. The summed E-state index contributed by atoms with van der Waals surface area (Å²) < 4.78 is 0. The van der Waals surface area contributed by atoms with Crippen molar-refractivity contribution in [1.29, 1.82) is 0 Å². The lowest BCUT2D eigenvalue weighted by molar-refractivity contribution is -0.131. The summed E-state index contributed by atoms with van der Waals surface area (Å²) in [6.07, 6.45) is 6.38. The number of benzene rings is 1. The summed E-state index contributed by atoms with van der Waals surface area (Å²) in [5.41, 5.74) is 1.94. The molecule has 108 valence electrons. The average molecular weight is 294 g/mol. The molecule has 1 aromatic rings. The van der Waals surface area contributed by atoms with Gasteiger partial charge >= 0.3 is 5.97 Å². The predicted octanol–water partition coefficient (Wildman–Crippen LogP) is 4.06. The molecule has 3 nitrogen and oxygen atoms in total. The third kappa shape index (κ3) is 4.01. The van der Waals surface area contributed by atoms with E-state index in [1.807, 2.05) is 18.2 Å². The van der Waals surface area contributed by atoms with E-state index in [1.54, 1.807) is 6.08 Å². The van der Waals surface area contributed by atoms with Gasteiger partial charge in [-0.25, -0.2) is 4.79 Å². The molecule has 1 saturated heterocycles. The summed E-state index contributed by atoms with van der Waals surface area (Å²) in [4.78, 5) is 13.0. The van der Waals surface area contributed by atoms with Gasteiger partial charge in [0, 0.05) is 29.9 Å². The largest absolute Gasteiger partial charge is 0.478 e. The zero-order valence-electron chi connectivity index (χ0n) is 11.7. The van der Waals surface area contributed by atoms with Crippen LogP contribution in [0.1, 0.15) is 31.7 Å². The van der Waals surface area contributed by atoms with E-state index in [9.17, 15) is 4.79 Å². The van der Waals surface area contributed by atoms with Crippen molar-refractivity contribution in [3.8, 4) is 0 Å². The van der Waals surface area contributed by atoms with Crippen LogP contribution >= 0.6 is 11.6 Å². The Balaban J connectivity index is 2.27. The molecule has 1 unspecified atom stereocenters. The predicted molar refractivity (Wildman–Crippen MR) is 83.3 cm³/mol. The van der Waals surface area contributed by atoms with Gasteiger partial charge in [0.25, 0.3) is 0 Å². The van der Waals surface area contributed by atoms with Crippen LogP contribution < -0.4 is 4.90 Å². The SMILES string of the molecule is CC1CCCN(c2ccc(Cl)cc2/C=C/C(=O)O)CC1. The van der Waals surface area contributed by atoms with Crippen LogP contribution in [-0.2, 0) is 4.79 Å². The number of aliphatic carboxylic acids is 1. The van der Waals surface area contributed by atoms with E-state index in [0.717, 1.165) is 36.3 Å². The molecule has 1 heterocycles. The Morgan fingerprint density at radius 2 is 2.20 bits per heavy atom. The van der Waals surface area contributed by atoms with E-state index in [0.29, 0.717) is 5.02 Å². The van der Waals surface area contributed by atoms with Crippen LogP contribution in [0.3, 0.4) is 0 Å². The van der Waals surface area contributed by atoms with Crippen LogP contribution in [0.2, 0.25) is 5.02 Å². The van der Waals surface area contributed by atoms with Crippen LogP contribution in [-0.4, -0.2) is 24.2 Å². The number of carboxylic acids is 1. The molecule has 1 aliphatic rings. The first-order valence-corrected chi connectivity index (χ1v) is 7.39. The van der Waals surface area contributed by atoms with Crippen molar-refractivity contribution in [3.05, 3.63) is 34.9 Å². The van der Waals surface area contributed by atoms with Gasteiger partial charge < -0.3 is 10.0 Å². The fourth-order valence-electron chi connectivity index (χ4n) is 2.61. The van der Waals surface area contributed by atoms with E-state index in [-0.39, 0.29) is 0 Å². The summed E-state index contributed by atoms with van der Waals surface area (Å²) in [5.74, 6) is -0.189. The highest BCUT2D eigenvalue weighted by atomic mass is 35.5. The first-order valence-electron chi connectivity index (χ1n) is 7.02. The standard InChI is InChI=1S/C16H20ClNO2/c1-12-3-2-9-18(10-8-12)15-6-5-14(17)11-13(15)4-7-16(19)20/h4-7,11-12H,2-3,8-10H2,1H3,(H,19,20)/b7-4+. The molecule has 0 amide bonds. The Hall–Kier alpha value is -1.48. The van der Waals surface area contributed by atoms with Gasteiger partial charge in [-0.1, -0.05) is 18.5 Å². The summed E-state index contributed by atoms with van der Waals surface area (Å²) >= 11 is 6.03. The van der Waals surface area contributed by atoms with Gasteiger partial charge in [0.05, 0.1) is 0 Å². The Morgan fingerprint density at radius 3 is 2.95 bits per heavy atom. The van der Waals surface area contributed by atoms with Gasteiger partial charge in [-0.2, -0.15) is 0 Å². The second-order valence-electron chi connectivity index (χ2n) is 5.40. The molecule has 1 atom stereocenters. The number of anilines is 1. The molecule has 0 radical (unpaired) electrons. The minimum atomic E-state index is -0.944. The van der Waals surface area contributed by atoms with Crippen LogP contribution in [0, 0.1) is 5.92 Å².